The smallest absolute Gasteiger partial charge is 0.192 e. The SMILES string of the molecule is COC(O)c1sc(C#CC(C)(C)C)cc1N. The molecule has 16 heavy (non-hydrogen) atoms. The first kappa shape index (κ1) is 13.0. The summed E-state index contributed by atoms with van der Waals surface area (Å²) in [7, 11) is 1.43. The monoisotopic (exact) mass is 239 g/mol. The Bertz CT molecular complexity index is 420. The largest absolute Gasteiger partial charge is 0.398 e. The molecule has 1 atom stereocenters. The fraction of sp³-hybridized carbons (Fsp3) is 0.500. The van der Waals surface area contributed by atoms with E-state index in [0.717, 1.165) is 4.88 Å². The number of nitrogen functional groups attached to an aromatic ring is 1. The summed E-state index contributed by atoms with van der Waals surface area (Å²) >= 11 is 1.36. The maximum atomic E-state index is 9.51. The van der Waals surface area contributed by atoms with E-state index < -0.39 is 6.29 Å². The van der Waals surface area contributed by atoms with Gasteiger partial charge in [0.15, 0.2) is 6.29 Å². The normalized spacial score (nSPS) is 13.1. The van der Waals surface area contributed by atoms with Gasteiger partial charge in [-0.1, -0.05) is 11.8 Å². The van der Waals surface area contributed by atoms with Crippen molar-refractivity contribution in [3.05, 3.63) is 15.8 Å². The third kappa shape index (κ3) is 3.53. The molecule has 3 nitrogen and oxygen atoms in total. The Morgan fingerprint density at radius 2 is 2.12 bits per heavy atom. The lowest BCUT2D eigenvalue weighted by atomic mass is 9.98. The Morgan fingerprint density at radius 3 is 2.62 bits per heavy atom. The summed E-state index contributed by atoms with van der Waals surface area (Å²) < 4.78 is 4.81. The Balaban J connectivity index is 2.96. The van der Waals surface area contributed by atoms with Crippen LogP contribution in [0.15, 0.2) is 6.07 Å². The van der Waals surface area contributed by atoms with Gasteiger partial charge in [-0.2, -0.15) is 0 Å². The maximum Gasteiger partial charge on any atom is 0.192 e. The number of hydrogen-bond acceptors (Lipinski definition) is 4. The minimum Gasteiger partial charge on any atom is -0.398 e. The van der Waals surface area contributed by atoms with Crippen molar-refractivity contribution in [2.75, 3.05) is 12.8 Å². The van der Waals surface area contributed by atoms with Crippen LogP contribution in [0.3, 0.4) is 0 Å². The molecule has 0 saturated carbocycles. The lowest BCUT2D eigenvalue weighted by Crippen LogP contribution is -1.99. The van der Waals surface area contributed by atoms with Gasteiger partial charge >= 0.3 is 0 Å². The van der Waals surface area contributed by atoms with Crippen LogP contribution >= 0.6 is 11.3 Å². The highest BCUT2D eigenvalue weighted by atomic mass is 32.1. The summed E-state index contributed by atoms with van der Waals surface area (Å²) in [5.41, 5.74) is 6.24. The quantitative estimate of drug-likeness (QED) is 0.615. The highest BCUT2D eigenvalue weighted by Crippen LogP contribution is 2.30. The number of aliphatic hydroxyl groups excluding tert-OH is 1. The minimum atomic E-state index is -0.963. The second kappa shape index (κ2) is 4.88. The first-order chi connectivity index (χ1) is 7.33. The van der Waals surface area contributed by atoms with Crippen LogP contribution in [0.1, 0.15) is 36.8 Å². The van der Waals surface area contributed by atoms with Crippen molar-refractivity contribution in [3.8, 4) is 11.8 Å². The lowest BCUT2D eigenvalue weighted by Gasteiger charge is -2.06. The highest BCUT2D eigenvalue weighted by Gasteiger charge is 2.13. The molecule has 0 spiro atoms. The van der Waals surface area contributed by atoms with Crippen LogP contribution in [0.5, 0.6) is 0 Å². The molecule has 88 valence electrons. The van der Waals surface area contributed by atoms with Gasteiger partial charge in [0.1, 0.15) is 0 Å². The lowest BCUT2D eigenvalue weighted by molar-refractivity contribution is -0.0738. The van der Waals surface area contributed by atoms with Gasteiger partial charge in [-0.3, -0.25) is 0 Å². The Labute approximate surface area is 100 Å². The van der Waals surface area contributed by atoms with E-state index in [9.17, 15) is 5.11 Å². The van der Waals surface area contributed by atoms with Gasteiger partial charge in [-0.15, -0.1) is 11.3 Å². The zero-order chi connectivity index (χ0) is 12.3. The van der Waals surface area contributed by atoms with E-state index in [4.69, 9.17) is 10.5 Å². The molecule has 3 N–H and O–H groups in total. The van der Waals surface area contributed by atoms with Gasteiger partial charge in [0.25, 0.3) is 0 Å². The van der Waals surface area contributed by atoms with Crippen LogP contribution in [0.2, 0.25) is 0 Å². The van der Waals surface area contributed by atoms with E-state index in [2.05, 4.69) is 11.8 Å². The molecule has 1 unspecified atom stereocenters. The zero-order valence-corrected chi connectivity index (χ0v) is 10.8. The fourth-order valence-corrected chi connectivity index (χ4v) is 1.93. The number of rotatable bonds is 2. The topological polar surface area (TPSA) is 55.5 Å². The molecule has 1 heterocycles. The molecule has 0 aliphatic heterocycles. The van der Waals surface area contributed by atoms with Crippen LogP contribution in [0, 0.1) is 17.3 Å². The van der Waals surface area contributed by atoms with E-state index in [1.54, 1.807) is 6.07 Å². The molecule has 0 aromatic carbocycles. The zero-order valence-electron chi connectivity index (χ0n) is 10.00. The van der Waals surface area contributed by atoms with Gasteiger partial charge in [-0.05, 0) is 26.8 Å². The second-order valence-corrected chi connectivity index (χ2v) is 5.60. The van der Waals surface area contributed by atoms with E-state index in [1.165, 1.54) is 18.4 Å². The molecular weight excluding hydrogens is 222 g/mol. The van der Waals surface area contributed by atoms with Gasteiger partial charge < -0.3 is 15.6 Å². The Morgan fingerprint density at radius 1 is 1.50 bits per heavy atom. The van der Waals surface area contributed by atoms with E-state index >= 15 is 0 Å². The van der Waals surface area contributed by atoms with Gasteiger partial charge in [0.2, 0.25) is 0 Å². The number of anilines is 1. The van der Waals surface area contributed by atoms with Crippen LogP contribution < -0.4 is 5.73 Å². The van der Waals surface area contributed by atoms with Crippen molar-refractivity contribution in [3.63, 3.8) is 0 Å². The number of nitrogens with two attached hydrogens (primary N) is 1. The summed E-state index contributed by atoms with van der Waals surface area (Å²) in [5, 5.41) is 9.51. The Kier molecular flexibility index (Phi) is 3.98. The molecule has 4 heteroatoms. The molecular formula is C12H17NO2S. The molecule has 1 aromatic heterocycles. The molecule has 0 radical (unpaired) electrons. The van der Waals surface area contributed by atoms with Crippen LogP contribution in [-0.4, -0.2) is 12.2 Å². The average molecular weight is 239 g/mol. The third-order valence-electron chi connectivity index (χ3n) is 1.80. The number of thiophene rings is 1. The van der Waals surface area contributed by atoms with Crippen molar-refractivity contribution in [1.29, 1.82) is 0 Å². The molecule has 0 amide bonds. The molecule has 1 rings (SSSR count). The van der Waals surface area contributed by atoms with E-state index in [0.29, 0.717) is 10.6 Å². The predicted molar refractivity (Wildman–Crippen MR) is 67.0 cm³/mol. The maximum absolute atomic E-state index is 9.51. The van der Waals surface area contributed by atoms with Gasteiger partial charge in [-0.25, -0.2) is 0 Å². The first-order valence-corrected chi connectivity index (χ1v) is 5.78. The van der Waals surface area contributed by atoms with Gasteiger partial charge in [0.05, 0.1) is 15.4 Å². The number of ether oxygens (including phenoxy) is 1. The van der Waals surface area contributed by atoms with Crippen molar-refractivity contribution < 1.29 is 9.84 Å². The van der Waals surface area contributed by atoms with Crippen LogP contribution in [0.25, 0.3) is 0 Å². The van der Waals surface area contributed by atoms with Crippen molar-refractivity contribution in [1.82, 2.24) is 0 Å². The molecule has 0 aliphatic rings. The molecule has 0 bridgehead atoms. The fourth-order valence-electron chi connectivity index (χ4n) is 1.03. The molecule has 0 saturated heterocycles. The summed E-state index contributed by atoms with van der Waals surface area (Å²) in [6.45, 7) is 6.13. The molecule has 0 fully saturated rings. The average Bonchev–Trinajstić information content (AvgIpc) is 2.55. The number of aliphatic hydroxyl groups is 1. The summed E-state index contributed by atoms with van der Waals surface area (Å²) in [6, 6.07) is 1.76. The van der Waals surface area contributed by atoms with Crippen LogP contribution in [0.4, 0.5) is 5.69 Å². The van der Waals surface area contributed by atoms with Crippen LogP contribution in [-0.2, 0) is 4.74 Å². The van der Waals surface area contributed by atoms with Crippen molar-refractivity contribution in [2.45, 2.75) is 27.1 Å². The molecule has 0 aliphatic carbocycles. The van der Waals surface area contributed by atoms with Crippen molar-refractivity contribution in [2.24, 2.45) is 5.41 Å². The van der Waals surface area contributed by atoms with Gasteiger partial charge in [0, 0.05) is 12.5 Å². The number of hydrogen-bond donors (Lipinski definition) is 2. The first-order valence-electron chi connectivity index (χ1n) is 4.97. The minimum absolute atomic E-state index is 0.0429. The van der Waals surface area contributed by atoms with E-state index in [-0.39, 0.29) is 5.41 Å². The third-order valence-corrected chi connectivity index (χ3v) is 2.90. The summed E-state index contributed by atoms with van der Waals surface area (Å²) in [4.78, 5) is 1.46. The standard InChI is InChI=1S/C12H17NO2S/c1-12(2,3)6-5-8-7-9(13)10(16-8)11(14)15-4/h7,11,14H,13H2,1-4H3. The Hall–Kier alpha value is -1.02. The second-order valence-electron chi connectivity index (χ2n) is 4.52. The predicted octanol–water partition coefficient (Wildman–Crippen LogP) is 2.37. The summed E-state index contributed by atoms with van der Waals surface area (Å²) in [5.74, 6) is 6.16. The van der Waals surface area contributed by atoms with E-state index in [1.807, 2.05) is 20.8 Å². The highest BCUT2D eigenvalue weighted by molar-refractivity contribution is 7.13. The number of methoxy groups -OCH3 is 1. The molecule has 1 aromatic rings. The van der Waals surface area contributed by atoms with Crippen molar-refractivity contribution >= 4 is 17.0 Å². The summed E-state index contributed by atoms with van der Waals surface area (Å²) in [6.07, 6.45) is -0.963.